The van der Waals surface area contributed by atoms with E-state index in [0.717, 1.165) is 51.5 Å². The summed E-state index contributed by atoms with van der Waals surface area (Å²) in [6.45, 7) is 6.05. The van der Waals surface area contributed by atoms with E-state index >= 15 is 0 Å². The summed E-state index contributed by atoms with van der Waals surface area (Å²) < 4.78 is 0. The van der Waals surface area contributed by atoms with Crippen molar-refractivity contribution in [1.29, 1.82) is 0 Å². The summed E-state index contributed by atoms with van der Waals surface area (Å²) in [4.78, 5) is 5.19. The van der Waals surface area contributed by atoms with Gasteiger partial charge < -0.3 is 15.9 Å². The highest BCUT2D eigenvalue weighted by molar-refractivity contribution is 5.13. The van der Waals surface area contributed by atoms with E-state index in [1.54, 1.807) is 0 Å². The standard InChI is InChI=1S/C23H38N2O3/c1-22-8-5-15(7-11-25-28-12-10-24)13-19(22)20(26)14-16-17-3-4-21(27)23(17,2)9-6-18(16)22/h15-21,25-27H,3-6,8-10,12-14,24H2,1-2H3/p+1/t15-,16?,17?,18?,19-,20+,21+,22-,23+/m1/s1. The summed E-state index contributed by atoms with van der Waals surface area (Å²) in [6.07, 6.45) is 8.24. The van der Waals surface area contributed by atoms with E-state index < -0.39 is 0 Å². The van der Waals surface area contributed by atoms with Crippen LogP contribution < -0.4 is 11.2 Å². The lowest BCUT2D eigenvalue weighted by Gasteiger charge is -2.61. The Kier molecular flexibility index (Phi) is 5.70. The Morgan fingerprint density at radius 3 is 2.54 bits per heavy atom. The van der Waals surface area contributed by atoms with Gasteiger partial charge in [-0.2, -0.15) is 0 Å². The molecule has 4 fully saturated rings. The molecule has 0 heterocycles. The summed E-state index contributed by atoms with van der Waals surface area (Å²) in [5, 5.41) is 21.8. The predicted molar refractivity (Wildman–Crippen MR) is 107 cm³/mol. The summed E-state index contributed by atoms with van der Waals surface area (Å²) in [6, 6.07) is 2.95. The van der Waals surface area contributed by atoms with E-state index in [0.29, 0.717) is 36.2 Å². The van der Waals surface area contributed by atoms with Crippen LogP contribution in [0.1, 0.15) is 65.2 Å². The Labute approximate surface area is 169 Å². The molecule has 4 aliphatic rings. The number of fused-ring (bicyclic) bond motifs is 5. The van der Waals surface area contributed by atoms with Gasteiger partial charge in [0.05, 0.1) is 12.2 Å². The third-order valence-electron chi connectivity index (χ3n) is 9.28. The molecule has 0 radical (unpaired) electrons. The van der Waals surface area contributed by atoms with Gasteiger partial charge in [-0.1, -0.05) is 19.8 Å². The van der Waals surface area contributed by atoms with Gasteiger partial charge in [0.2, 0.25) is 0 Å². The van der Waals surface area contributed by atoms with Gasteiger partial charge in [-0.25, -0.2) is 5.48 Å². The SMILES string of the molecule is C[C@]12CCC3C(C[C@H](O)[C@H]4C[C@@H](C#CNOCC[NH3+])CC[C@]34C)C1CC[C@@H]2O. The molecule has 158 valence electrons. The molecule has 0 aromatic carbocycles. The lowest BCUT2D eigenvalue weighted by Crippen LogP contribution is -2.58. The Morgan fingerprint density at radius 2 is 1.75 bits per heavy atom. The molecule has 4 aliphatic carbocycles. The van der Waals surface area contributed by atoms with Gasteiger partial charge >= 0.3 is 0 Å². The average Bonchev–Trinajstić information content (AvgIpc) is 2.98. The summed E-state index contributed by atoms with van der Waals surface area (Å²) in [5.41, 5.74) is 6.75. The topological polar surface area (TPSA) is 89.4 Å². The maximum atomic E-state index is 11.2. The molecule has 0 bridgehead atoms. The van der Waals surface area contributed by atoms with Crippen LogP contribution in [0.15, 0.2) is 0 Å². The maximum absolute atomic E-state index is 11.2. The molecule has 4 rings (SSSR count). The van der Waals surface area contributed by atoms with E-state index in [2.05, 4.69) is 37.0 Å². The highest BCUT2D eigenvalue weighted by Gasteiger charge is 2.61. The first-order chi connectivity index (χ1) is 13.4. The number of aliphatic hydroxyl groups excluding tert-OH is 2. The van der Waals surface area contributed by atoms with Gasteiger partial charge in [-0.05, 0) is 85.9 Å². The van der Waals surface area contributed by atoms with Crippen LogP contribution in [-0.4, -0.2) is 35.6 Å². The van der Waals surface area contributed by atoms with Crippen LogP contribution in [0.2, 0.25) is 0 Å². The van der Waals surface area contributed by atoms with E-state index in [1.165, 1.54) is 6.42 Å². The van der Waals surface area contributed by atoms with E-state index in [1.807, 2.05) is 0 Å². The van der Waals surface area contributed by atoms with Gasteiger partial charge in [0.25, 0.3) is 0 Å². The first-order valence-electron chi connectivity index (χ1n) is 11.4. The Balaban J connectivity index is 1.47. The highest BCUT2D eigenvalue weighted by Crippen LogP contribution is 2.66. The fourth-order valence-corrected chi connectivity index (χ4v) is 7.69. The number of quaternary nitrogens is 1. The second-order valence-electron chi connectivity index (χ2n) is 10.5. The third kappa shape index (κ3) is 3.27. The molecule has 5 heteroatoms. The number of rotatable bonds is 3. The Bertz CT molecular complexity index is 631. The number of hydroxylamine groups is 1. The molecule has 0 aliphatic heterocycles. The molecule has 0 spiro atoms. The van der Waals surface area contributed by atoms with E-state index in [-0.39, 0.29) is 23.0 Å². The Morgan fingerprint density at radius 1 is 1.00 bits per heavy atom. The Hall–Kier alpha value is -0.800. The summed E-state index contributed by atoms with van der Waals surface area (Å²) in [5.74, 6) is 5.85. The van der Waals surface area contributed by atoms with Gasteiger partial charge in [-0.3, -0.25) is 4.84 Å². The van der Waals surface area contributed by atoms with Crippen LogP contribution in [0.3, 0.4) is 0 Å². The van der Waals surface area contributed by atoms with Crippen molar-refractivity contribution >= 4 is 0 Å². The maximum Gasteiger partial charge on any atom is 0.124 e. The van der Waals surface area contributed by atoms with Crippen molar-refractivity contribution in [2.75, 3.05) is 13.2 Å². The molecule has 6 N–H and O–H groups in total. The summed E-state index contributed by atoms with van der Waals surface area (Å²) in [7, 11) is 0. The van der Waals surface area contributed by atoms with Crippen LogP contribution in [0.4, 0.5) is 0 Å². The zero-order chi connectivity index (χ0) is 19.9. The molecule has 4 saturated carbocycles. The fourth-order valence-electron chi connectivity index (χ4n) is 7.69. The van der Waals surface area contributed by atoms with Crippen molar-refractivity contribution in [2.45, 2.75) is 77.4 Å². The molecule has 0 amide bonds. The molecular weight excluding hydrogens is 352 g/mol. The van der Waals surface area contributed by atoms with Crippen LogP contribution in [0.5, 0.6) is 0 Å². The monoisotopic (exact) mass is 391 g/mol. The van der Waals surface area contributed by atoms with Crippen molar-refractivity contribution < 1.29 is 20.8 Å². The van der Waals surface area contributed by atoms with E-state index in [4.69, 9.17) is 4.84 Å². The second-order valence-corrected chi connectivity index (χ2v) is 10.5. The van der Waals surface area contributed by atoms with Gasteiger partial charge in [0.15, 0.2) is 0 Å². The molecule has 0 saturated heterocycles. The molecular formula is C23H39N2O3+. The molecule has 3 unspecified atom stereocenters. The minimum absolute atomic E-state index is 0.0758. The second kappa shape index (κ2) is 7.80. The third-order valence-corrected chi connectivity index (χ3v) is 9.28. The van der Waals surface area contributed by atoms with Crippen LogP contribution >= 0.6 is 0 Å². The predicted octanol–water partition coefficient (Wildman–Crippen LogP) is 1.70. The van der Waals surface area contributed by atoms with Crippen molar-refractivity contribution in [3.63, 3.8) is 0 Å². The normalized spacial score (nSPS) is 50.0. The van der Waals surface area contributed by atoms with Crippen molar-refractivity contribution in [2.24, 2.45) is 40.4 Å². The lowest BCUT2D eigenvalue weighted by atomic mass is 9.44. The highest BCUT2D eigenvalue weighted by atomic mass is 16.6. The molecule has 9 atom stereocenters. The lowest BCUT2D eigenvalue weighted by molar-refractivity contribution is -0.375. The van der Waals surface area contributed by atoms with Crippen molar-refractivity contribution in [3.8, 4) is 12.0 Å². The smallest absolute Gasteiger partial charge is 0.124 e. The van der Waals surface area contributed by atoms with Crippen LogP contribution in [-0.2, 0) is 4.84 Å². The number of hydrogen-bond acceptors (Lipinski definition) is 4. The molecule has 0 aromatic rings. The van der Waals surface area contributed by atoms with Crippen molar-refractivity contribution in [3.05, 3.63) is 0 Å². The quantitative estimate of drug-likeness (QED) is 0.255. The molecule has 0 aromatic heterocycles. The van der Waals surface area contributed by atoms with Gasteiger partial charge in [0, 0.05) is 12.0 Å². The zero-order valence-corrected chi connectivity index (χ0v) is 17.6. The first-order valence-corrected chi connectivity index (χ1v) is 11.4. The fraction of sp³-hybridized carbons (Fsp3) is 0.913. The average molecular weight is 392 g/mol. The van der Waals surface area contributed by atoms with Gasteiger partial charge in [-0.15, -0.1) is 0 Å². The zero-order valence-electron chi connectivity index (χ0n) is 17.6. The largest absolute Gasteiger partial charge is 0.393 e. The molecule has 28 heavy (non-hydrogen) atoms. The minimum atomic E-state index is -0.230. The number of aliphatic hydroxyl groups is 2. The van der Waals surface area contributed by atoms with Gasteiger partial charge in [0.1, 0.15) is 13.2 Å². The minimum Gasteiger partial charge on any atom is -0.393 e. The number of nitrogens with one attached hydrogen (secondary N) is 1. The first kappa shape index (κ1) is 20.5. The summed E-state index contributed by atoms with van der Waals surface area (Å²) >= 11 is 0. The molecule has 5 nitrogen and oxygen atoms in total. The number of hydrogen-bond donors (Lipinski definition) is 4. The van der Waals surface area contributed by atoms with Crippen LogP contribution in [0, 0.1) is 52.4 Å². The van der Waals surface area contributed by atoms with E-state index in [9.17, 15) is 10.2 Å². The van der Waals surface area contributed by atoms with Crippen LogP contribution in [0.25, 0.3) is 0 Å². The van der Waals surface area contributed by atoms with Crippen molar-refractivity contribution in [1.82, 2.24) is 5.48 Å².